The number of unbranched alkanes of at least 4 members (excludes halogenated alkanes) is 2. The van der Waals surface area contributed by atoms with E-state index in [1.165, 1.54) is 6.42 Å². The highest BCUT2D eigenvalue weighted by molar-refractivity contribution is 7.80. The van der Waals surface area contributed by atoms with Gasteiger partial charge in [-0.1, -0.05) is 50.6 Å². The van der Waals surface area contributed by atoms with Gasteiger partial charge in [-0.05, 0) is 49.7 Å². The second-order valence-electron chi connectivity index (χ2n) is 6.96. The van der Waals surface area contributed by atoms with E-state index < -0.39 is 0 Å². The number of halogens is 1. The summed E-state index contributed by atoms with van der Waals surface area (Å²) in [6.45, 7) is 2.09. The summed E-state index contributed by atoms with van der Waals surface area (Å²) in [4.78, 5) is 24.4. The Balaban J connectivity index is 1.92. The Bertz CT molecular complexity index is 675. The molecule has 2 amide bonds. The van der Waals surface area contributed by atoms with Gasteiger partial charge in [0, 0.05) is 18.2 Å². The molecule has 0 aliphatic heterocycles. The van der Waals surface area contributed by atoms with Crippen molar-refractivity contribution in [2.45, 2.75) is 70.8 Å². The van der Waals surface area contributed by atoms with Crippen molar-refractivity contribution in [2.24, 2.45) is 0 Å². The lowest BCUT2D eigenvalue weighted by Gasteiger charge is -2.23. The third kappa shape index (κ3) is 7.46. The second kappa shape index (κ2) is 11.2. The molecule has 0 aromatic heterocycles. The molecule has 0 unspecified atom stereocenters. The Kier molecular flexibility index (Phi) is 9.01. The molecule has 0 radical (unpaired) electrons. The molecule has 1 fully saturated rings. The molecular formula is C20H28ClN3O2S. The first-order valence-electron chi connectivity index (χ1n) is 9.71. The van der Waals surface area contributed by atoms with E-state index in [1.807, 2.05) is 0 Å². The van der Waals surface area contributed by atoms with E-state index in [4.69, 9.17) is 23.8 Å². The van der Waals surface area contributed by atoms with E-state index in [1.54, 1.807) is 18.2 Å². The molecular weight excluding hydrogens is 382 g/mol. The van der Waals surface area contributed by atoms with Gasteiger partial charge in [-0.15, -0.1) is 0 Å². The molecule has 2 rings (SSSR count). The largest absolute Gasteiger partial charge is 0.349 e. The molecule has 1 saturated carbocycles. The van der Waals surface area contributed by atoms with Crippen LogP contribution >= 0.6 is 23.8 Å². The zero-order valence-electron chi connectivity index (χ0n) is 15.8. The molecule has 0 atom stereocenters. The summed E-state index contributed by atoms with van der Waals surface area (Å²) in [7, 11) is 0. The van der Waals surface area contributed by atoms with Gasteiger partial charge in [-0.2, -0.15) is 0 Å². The molecule has 0 saturated heterocycles. The molecule has 1 aliphatic rings. The highest BCUT2D eigenvalue weighted by atomic mass is 35.5. The van der Waals surface area contributed by atoms with Crippen molar-refractivity contribution < 1.29 is 9.59 Å². The summed E-state index contributed by atoms with van der Waals surface area (Å²) in [6.07, 6.45) is 8.91. The maximum atomic E-state index is 12.6. The monoisotopic (exact) mass is 409 g/mol. The van der Waals surface area contributed by atoms with E-state index in [2.05, 4.69) is 22.9 Å². The van der Waals surface area contributed by atoms with Crippen LogP contribution in [0.2, 0.25) is 5.02 Å². The lowest BCUT2D eigenvalue weighted by Crippen LogP contribution is -2.36. The SMILES string of the molecule is CCCCCC(=O)NC(=S)Nc1ccc(Cl)c(C(=O)NC2CCCCC2)c1. The zero-order chi connectivity index (χ0) is 19.6. The molecule has 0 bridgehead atoms. The average Bonchev–Trinajstić information content (AvgIpc) is 2.64. The first kappa shape index (κ1) is 21.6. The number of nitrogens with one attached hydrogen (secondary N) is 3. The number of anilines is 1. The first-order valence-corrected chi connectivity index (χ1v) is 10.5. The third-order valence-electron chi connectivity index (χ3n) is 4.67. The number of thiocarbonyl (C=S) groups is 1. The maximum absolute atomic E-state index is 12.6. The number of hydrogen-bond donors (Lipinski definition) is 3. The molecule has 0 spiro atoms. The van der Waals surface area contributed by atoms with E-state index in [0.717, 1.165) is 44.9 Å². The summed E-state index contributed by atoms with van der Waals surface area (Å²) in [5.74, 6) is -0.282. The summed E-state index contributed by atoms with van der Waals surface area (Å²) < 4.78 is 0. The molecule has 7 heteroatoms. The Hall–Kier alpha value is -1.66. The number of benzene rings is 1. The number of hydrogen-bond acceptors (Lipinski definition) is 3. The summed E-state index contributed by atoms with van der Waals surface area (Å²) >= 11 is 11.4. The van der Waals surface area contributed by atoms with Crippen LogP contribution in [0.25, 0.3) is 0 Å². The summed E-state index contributed by atoms with van der Waals surface area (Å²) in [6, 6.07) is 5.26. The van der Waals surface area contributed by atoms with Crippen molar-refractivity contribution in [3.8, 4) is 0 Å². The zero-order valence-corrected chi connectivity index (χ0v) is 17.3. The lowest BCUT2D eigenvalue weighted by atomic mass is 9.95. The van der Waals surface area contributed by atoms with Gasteiger partial charge in [0.15, 0.2) is 5.11 Å². The van der Waals surface area contributed by atoms with Crippen molar-refractivity contribution in [3.63, 3.8) is 0 Å². The summed E-state index contributed by atoms with van der Waals surface area (Å²) in [5.41, 5.74) is 1.02. The van der Waals surface area contributed by atoms with Crippen molar-refractivity contribution in [1.82, 2.24) is 10.6 Å². The maximum Gasteiger partial charge on any atom is 0.253 e. The Labute approximate surface area is 171 Å². The number of carbonyl (C=O) groups excluding carboxylic acids is 2. The molecule has 5 nitrogen and oxygen atoms in total. The van der Waals surface area contributed by atoms with Gasteiger partial charge >= 0.3 is 0 Å². The van der Waals surface area contributed by atoms with Gasteiger partial charge in [0.1, 0.15) is 0 Å². The van der Waals surface area contributed by atoms with Gasteiger partial charge in [-0.3, -0.25) is 9.59 Å². The highest BCUT2D eigenvalue weighted by Crippen LogP contribution is 2.22. The van der Waals surface area contributed by atoms with Crippen LogP contribution in [0, 0.1) is 0 Å². The standard InChI is InChI=1S/C20H28ClN3O2S/c1-2-3-5-10-18(25)24-20(27)23-15-11-12-17(21)16(13-15)19(26)22-14-8-6-4-7-9-14/h11-14H,2-10H2,1H3,(H,22,26)(H2,23,24,25,27). The van der Waals surface area contributed by atoms with Crippen LogP contribution in [0.15, 0.2) is 18.2 Å². The number of amides is 2. The Morgan fingerprint density at radius 1 is 1.19 bits per heavy atom. The minimum Gasteiger partial charge on any atom is -0.349 e. The molecule has 27 heavy (non-hydrogen) atoms. The molecule has 1 aromatic carbocycles. The quantitative estimate of drug-likeness (QED) is 0.447. The minimum atomic E-state index is -0.176. The van der Waals surface area contributed by atoms with E-state index >= 15 is 0 Å². The van der Waals surface area contributed by atoms with Gasteiger partial charge < -0.3 is 16.0 Å². The Morgan fingerprint density at radius 3 is 2.63 bits per heavy atom. The normalized spacial score (nSPS) is 14.4. The molecule has 3 N–H and O–H groups in total. The molecule has 1 aliphatic carbocycles. The average molecular weight is 410 g/mol. The van der Waals surface area contributed by atoms with Crippen LogP contribution in [0.3, 0.4) is 0 Å². The summed E-state index contributed by atoms with van der Waals surface area (Å²) in [5, 5.41) is 9.29. The van der Waals surface area contributed by atoms with Crippen molar-refractivity contribution in [3.05, 3.63) is 28.8 Å². The van der Waals surface area contributed by atoms with E-state index in [0.29, 0.717) is 22.7 Å². The van der Waals surface area contributed by atoms with E-state index in [9.17, 15) is 9.59 Å². The van der Waals surface area contributed by atoms with Crippen molar-refractivity contribution in [1.29, 1.82) is 0 Å². The smallest absolute Gasteiger partial charge is 0.253 e. The van der Waals surface area contributed by atoms with Crippen molar-refractivity contribution >= 4 is 46.4 Å². The van der Waals surface area contributed by atoms with Gasteiger partial charge in [0.25, 0.3) is 5.91 Å². The molecule has 0 heterocycles. The van der Waals surface area contributed by atoms with Crippen LogP contribution < -0.4 is 16.0 Å². The number of carbonyl (C=O) groups is 2. The minimum absolute atomic E-state index is 0.106. The Morgan fingerprint density at radius 2 is 1.93 bits per heavy atom. The van der Waals surface area contributed by atoms with Crippen LogP contribution in [-0.4, -0.2) is 23.0 Å². The van der Waals surface area contributed by atoms with Gasteiger partial charge in [-0.25, -0.2) is 0 Å². The van der Waals surface area contributed by atoms with Gasteiger partial charge in [0.2, 0.25) is 5.91 Å². The lowest BCUT2D eigenvalue weighted by molar-refractivity contribution is -0.119. The molecule has 1 aromatic rings. The topological polar surface area (TPSA) is 70.2 Å². The van der Waals surface area contributed by atoms with Crippen LogP contribution in [0.1, 0.15) is 75.1 Å². The van der Waals surface area contributed by atoms with Gasteiger partial charge in [0.05, 0.1) is 10.6 Å². The second-order valence-corrected chi connectivity index (χ2v) is 7.78. The van der Waals surface area contributed by atoms with Crippen LogP contribution in [0.4, 0.5) is 5.69 Å². The first-order chi connectivity index (χ1) is 13.0. The fourth-order valence-corrected chi connectivity index (χ4v) is 3.61. The van der Waals surface area contributed by atoms with Crippen LogP contribution in [-0.2, 0) is 4.79 Å². The fourth-order valence-electron chi connectivity index (χ4n) is 3.17. The van der Waals surface area contributed by atoms with Crippen LogP contribution in [0.5, 0.6) is 0 Å². The predicted molar refractivity (Wildman–Crippen MR) is 114 cm³/mol. The predicted octanol–water partition coefficient (Wildman–Crippen LogP) is 4.80. The fraction of sp³-hybridized carbons (Fsp3) is 0.550. The molecule has 148 valence electrons. The third-order valence-corrected chi connectivity index (χ3v) is 5.20. The van der Waals surface area contributed by atoms with Crippen molar-refractivity contribution in [2.75, 3.05) is 5.32 Å². The highest BCUT2D eigenvalue weighted by Gasteiger charge is 2.18. The van der Waals surface area contributed by atoms with E-state index in [-0.39, 0.29) is 23.0 Å². The number of rotatable bonds is 7.